The molecule has 0 spiro atoms. The number of methoxy groups -OCH3 is 1. The number of nitriles is 1. The van der Waals surface area contributed by atoms with E-state index in [2.05, 4.69) is 9.72 Å². The lowest BCUT2D eigenvalue weighted by atomic mass is 10.2. The summed E-state index contributed by atoms with van der Waals surface area (Å²) in [5.41, 5.74) is 1.01. The fourth-order valence-corrected chi connectivity index (χ4v) is 0.863. The molecule has 0 fully saturated rings. The van der Waals surface area contributed by atoms with Gasteiger partial charge in [-0.05, 0) is 17.7 Å². The highest BCUT2D eigenvalue weighted by Crippen LogP contribution is 2.03. The number of pyridine rings is 1. The lowest BCUT2D eigenvalue weighted by Gasteiger charge is -1.97. The molecule has 70 valence electrons. The first-order valence-electron chi connectivity index (χ1n) is 3.88. The van der Waals surface area contributed by atoms with E-state index in [1.165, 1.54) is 19.4 Å². The molecule has 14 heavy (non-hydrogen) atoms. The van der Waals surface area contributed by atoms with E-state index in [0.717, 1.165) is 5.56 Å². The van der Waals surface area contributed by atoms with E-state index < -0.39 is 5.97 Å². The number of aromatic nitrogens is 1. The van der Waals surface area contributed by atoms with Crippen LogP contribution < -0.4 is 0 Å². The van der Waals surface area contributed by atoms with Crippen molar-refractivity contribution in [3.63, 3.8) is 0 Å². The van der Waals surface area contributed by atoms with Gasteiger partial charge in [-0.1, -0.05) is 6.07 Å². The Labute approximate surface area is 81.5 Å². The second-order valence-electron chi connectivity index (χ2n) is 2.43. The summed E-state index contributed by atoms with van der Waals surface area (Å²) < 4.78 is 4.49. The van der Waals surface area contributed by atoms with Crippen LogP contribution in [0.5, 0.6) is 0 Å². The Morgan fingerprint density at radius 3 is 2.93 bits per heavy atom. The Morgan fingerprint density at radius 1 is 1.64 bits per heavy atom. The number of hydrogen-bond donors (Lipinski definition) is 0. The second kappa shape index (κ2) is 4.77. The van der Waals surface area contributed by atoms with Gasteiger partial charge in [-0.3, -0.25) is 0 Å². The minimum absolute atomic E-state index is 0.251. The average molecular weight is 188 g/mol. The number of ether oxygens (including phenoxy) is 1. The number of carbonyl (C=O) groups excluding carboxylic acids is 1. The fraction of sp³-hybridized carbons (Fsp3) is 0.100. The minimum Gasteiger partial charge on any atom is -0.464 e. The first-order chi connectivity index (χ1) is 6.77. The Balaban J connectivity index is 2.85. The van der Waals surface area contributed by atoms with Gasteiger partial charge in [0.25, 0.3) is 0 Å². The van der Waals surface area contributed by atoms with Crippen molar-refractivity contribution in [2.45, 2.75) is 0 Å². The largest absolute Gasteiger partial charge is 0.464 e. The van der Waals surface area contributed by atoms with Gasteiger partial charge < -0.3 is 4.74 Å². The van der Waals surface area contributed by atoms with E-state index in [9.17, 15) is 4.79 Å². The molecule has 1 rings (SSSR count). The summed E-state index contributed by atoms with van der Waals surface area (Å²) >= 11 is 0. The molecule has 0 saturated carbocycles. The molecule has 0 atom stereocenters. The van der Waals surface area contributed by atoms with Crippen LogP contribution in [-0.2, 0) is 4.74 Å². The van der Waals surface area contributed by atoms with Crippen LogP contribution >= 0.6 is 0 Å². The standard InChI is InChI=1S/C10H8N2O2/c1-14-10(13)9-5-4-8(7-12-9)3-2-6-11/h2-5,7H,1H3. The van der Waals surface area contributed by atoms with Gasteiger partial charge in [0.05, 0.1) is 13.2 Å². The zero-order chi connectivity index (χ0) is 10.4. The van der Waals surface area contributed by atoms with E-state index >= 15 is 0 Å². The van der Waals surface area contributed by atoms with Crippen molar-refractivity contribution in [3.05, 3.63) is 35.7 Å². The highest BCUT2D eigenvalue weighted by Gasteiger charge is 2.04. The number of esters is 1. The van der Waals surface area contributed by atoms with Crippen molar-refractivity contribution in [2.24, 2.45) is 0 Å². The van der Waals surface area contributed by atoms with Crippen molar-refractivity contribution in [1.29, 1.82) is 5.26 Å². The van der Waals surface area contributed by atoms with Gasteiger partial charge in [0.15, 0.2) is 0 Å². The molecule has 0 aromatic carbocycles. The van der Waals surface area contributed by atoms with Gasteiger partial charge in [-0.25, -0.2) is 9.78 Å². The smallest absolute Gasteiger partial charge is 0.356 e. The summed E-state index contributed by atoms with van der Waals surface area (Å²) in [4.78, 5) is 14.9. The fourth-order valence-electron chi connectivity index (χ4n) is 0.863. The highest BCUT2D eigenvalue weighted by molar-refractivity contribution is 5.87. The van der Waals surface area contributed by atoms with E-state index in [1.807, 2.05) is 6.07 Å². The molecule has 0 bridgehead atoms. The van der Waals surface area contributed by atoms with Crippen LogP contribution in [0.2, 0.25) is 0 Å². The van der Waals surface area contributed by atoms with Crippen molar-refractivity contribution in [3.8, 4) is 6.07 Å². The van der Waals surface area contributed by atoms with Crippen molar-refractivity contribution in [2.75, 3.05) is 7.11 Å². The Hall–Kier alpha value is -2.15. The zero-order valence-electron chi connectivity index (χ0n) is 7.60. The van der Waals surface area contributed by atoms with Gasteiger partial charge >= 0.3 is 5.97 Å². The number of nitrogens with zero attached hydrogens (tertiary/aromatic N) is 2. The maximum absolute atomic E-state index is 11.0. The molecular weight excluding hydrogens is 180 g/mol. The molecule has 0 amide bonds. The molecule has 0 saturated heterocycles. The third-order valence-electron chi connectivity index (χ3n) is 1.53. The lowest BCUT2D eigenvalue weighted by molar-refractivity contribution is 0.0594. The Bertz CT molecular complexity index is 388. The number of allylic oxidation sites excluding steroid dienone is 1. The summed E-state index contributed by atoms with van der Waals surface area (Å²) in [5, 5.41) is 8.28. The van der Waals surface area contributed by atoms with E-state index in [-0.39, 0.29) is 5.69 Å². The first kappa shape index (κ1) is 9.93. The third kappa shape index (κ3) is 2.42. The molecule has 0 aliphatic heterocycles. The van der Waals surface area contributed by atoms with Gasteiger partial charge in [0, 0.05) is 12.3 Å². The second-order valence-corrected chi connectivity index (χ2v) is 2.43. The number of carbonyl (C=O) groups is 1. The summed E-state index contributed by atoms with van der Waals surface area (Å²) in [6, 6.07) is 5.10. The maximum Gasteiger partial charge on any atom is 0.356 e. The first-order valence-corrected chi connectivity index (χ1v) is 3.88. The molecule has 4 heteroatoms. The molecule has 1 aromatic heterocycles. The van der Waals surface area contributed by atoms with E-state index in [4.69, 9.17) is 5.26 Å². The highest BCUT2D eigenvalue weighted by atomic mass is 16.5. The molecule has 0 unspecified atom stereocenters. The third-order valence-corrected chi connectivity index (χ3v) is 1.53. The Kier molecular flexibility index (Phi) is 3.39. The van der Waals surface area contributed by atoms with Crippen LogP contribution in [-0.4, -0.2) is 18.1 Å². The van der Waals surface area contributed by atoms with Crippen LogP contribution in [0.4, 0.5) is 0 Å². The average Bonchev–Trinajstić information content (AvgIpc) is 2.26. The topological polar surface area (TPSA) is 63.0 Å². The van der Waals surface area contributed by atoms with Crippen molar-refractivity contribution in [1.82, 2.24) is 4.98 Å². The summed E-state index contributed by atoms with van der Waals surface area (Å²) in [5.74, 6) is -0.471. The molecule has 0 N–H and O–H groups in total. The molecule has 0 radical (unpaired) electrons. The van der Waals surface area contributed by atoms with Crippen molar-refractivity contribution < 1.29 is 9.53 Å². The SMILES string of the molecule is COC(=O)c1ccc(C=CC#N)cn1. The van der Waals surface area contributed by atoms with Gasteiger partial charge in [0.2, 0.25) is 0 Å². The number of hydrogen-bond acceptors (Lipinski definition) is 4. The van der Waals surface area contributed by atoms with Gasteiger partial charge in [-0.15, -0.1) is 0 Å². The van der Waals surface area contributed by atoms with Crippen LogP contribution in [0.15, 0.2) is 24.4 Å². The Morgan fingerprint density at radius 2 is 2.43 bits per heavy atom. The van der Waals surface area contributed by atoms with E-state index in [1.54, 1.807) is 18.2 Å². The molecule has 0 aliphatic rings. The van der Waals surface area contributed by atoms with Crippen LogP contribution in [0.25, 0.3) is 6.08 Å². The van der Waals surface area contributed by atoms with Gasteiger partial charge in [-0.2, -0.15) is 5.26 Å². The lowest BCUT2D eigenvalue weighted by Crippen LogP contribution is -2.03. The molecule has 4 nitrogen and oxygen atoms in total. The number of rotatable bonds is 2. The molecule has 1 heterocycles. The monoisotopic (exact) mass is 188 g/mol. The zero-order valence-corrected chi connectivity index (χ0v) is 7.60. The predicted octanol–water partition coefficient (Wildman–Crippen LogP) is 1.40. The minimum atomic E-state index is -0.471. The normalized spacial score (nSPS) is 9.71. The summed E-state index contributed by atoms with van der Waals surface area (Å²) in [6.07, 6.45) is 4.45. The molecular formula is C10H8N2O2. The van der Waals surface area contributed by atoms with Crippen LogP contribution in [0.3, 0.4) is 0 Å². The molecule has 1 aromatic rings. The van der Waals surface area contributed by atoms with Crippen LogP contribution in [0, 0.1) is 11.3 Å². The van der Waals surface area contributed by atoms with Crippen LogP contribution in [0.1, 0.15) is 16.1 Å². The summed E-state index contributed by atoms with van der Waals surface area (Å²) in [6.45, 7) is 0. The van der Waals surface area contributed by atoms with Gasteiger partial charge in [0.1, 0.15) is 5.69 Å². The van der Waals surface area contributed by atoms with Crippen molar-refractivity contribution >= 4 is 12.0 Å². The van der Waals surface area contributed by atoms with E-state index in [0.29, 0.717) is 0 Å². The maximum atomic E-state index is 11.0. The predicted molar refractivity (Wildman–Crippen MR) is 50.2 cm³/mol. The summed E-state index contributed by atoms with van der Waals surface area (Å²) in [7, 11) is 1.30. The quantitative estimate of drug-likeness (QED) is 0.520. The molecule has 0 aliphatic carbocycles.